The van der Waals surface area contributed by atoms with Crippen LogP contribution in [0.1, 0.15) is 31.4 Å². The first-order valence-corrected chi connectivity index (χ1v) is 14.8. The largest absolute Gasteiger partial charge is 0.352 e. The van der Waals surface area contributed by atoms with Crippen LogP contribution in [0.25, 0.3) is 0 Å². The van der Waals surface area contributed by atoms with Gasteiger partial charge in [-0.2, -0.15) is 0 Å². The molecule has 0 aliphatic heterocycles. The average Bonchev–Trinajstić information content (AvgIpc) is 2.89. The zero-order valence-electron chi connectivity index (χ0n) is 22.2. The number of nitrogens with one attached hydrogen (secondary N) is 1. The molecule has 208 valence electrons. The fraction of sp³-hybridized carbons (Fsp3) is 0.310. The highest BCUT2D eigenvalue weighted by Crippen LogP contribution is 2.22. The standard InChI is InChI=1S/C29H33ClFN3O4S/c1-4-21(2)32-29(36)27(17-22-10-6-5-7-11-22)33(19-23-12-8-13-24(30)16-23)28(35)20-34(39(3,37)38)26-15-9-14-25(31)18-26/h5-16,18,21,27H,4,17,19-20H2,1-3H3,(H,32,36)/t21-,27-/m0/s1. The summed E-state index contributed by atoms with van der Waals surface area (Å²) < 4.78 is 40.3. The van der Waals surface area contributed by atoms with Crippen LogP contribution in [0.5, 0.6) is 0 Å². The zero-order chi connectivity index (χ0) is 28.6. The van der Waals surface area contributed by atoms with Gasteiger partial charge in [0, 0.05) is 24.0 Å². The van der Waals surface area contributed by atoms with E-state index < -0.39 is 34.3 Å². The third-order valence-electron chi connectivity index (χ3n) is 6.29. The van der Waals surface area contributed by atoms with Crippen LogP contribution in [0.15, 0.2) is 78.9 Å². The molecule has 0 spiro atoms. The minimum Gasteiger partial charge on any atom is -0.352 e. The Balaban J connectivity index is 2.06. The van der Waals surface area contributed by atoms with Crippen molar-refractivity contribution in [1.29, 1.82) is 0 Å². The van der Waals surface area contributed by atoms with Crippen molar-refractivity contribution in [1.82, 2.24) is 10.2 Å². The van der Waals surface area contributed by atoms with Crippen LogP contribution in [-0.4, -0.2) is 50.0 Å². The van der Waals surface area contributed by atoms with E-state index in [0.29, 0.717) is 17.0 Å². The number of anilines is 1. The van der Waals surface area contributed by atoms with Crippen LogP contribution in [-0.2, 0) is 32.6 Å². The number of carbonyl (C=O) groups excluding carboxylic acids is 2. The van der Waals surface area contributed by atoms with E-state index in [9.17, 15) is 22.4 Å². The van der Waals surface area contributed by atoms with E-state index in [1.165, 1.54) is 23.1 Å². The van der Waals surface area contributed by atoms with Gasteiger partial charge in [-0.15, -0.1) is 0 Å². The van der Waals surface area contributed by atoms with Crippen LogP contribution in [0.2, 0.25) is 5.02 Å². The van der Waals surface area contributed by atoms with Gasteiger partial charge in [0.05, 0.1) is 11.9 Å². The SMILES string of the molecule is CC[C@H](C)NC(=O)[C@H](Cc1ccccc1)N(Cc1cccc(Cl)c1)C(=O)CN(c1cccc(F)c1)S(C)(=O)=O. The number of amides is 2. The summed E-state index contributed by atoms with van der Waals surface area (Å²) in [6.45, 7) is 3.20. The van der Waals surface area contributed by atoms with Gasteiger partial charge in [-0.25, -0.2) is 12.8 Å². The van der Waals surface area contributed by atoms with Gasteiger partial charge in [-0.3, -0.25) is 13.9 Å². The first-order chi connectivity index (χ1) is 18.5. The van der Waals surface area contributed by atoms with E-state index in [1.54, 1.807) is 24.3 Å². The molecule has 0 radical (unpaired) electrons. The molecule has 3 aromatic carbocycles. The molecular weight excluding hydrogens is 541 g/mol. The maximum absolute atomic E-state index is 14.0. The number of hydrogen-bond donors (Lipinski definition) is 1. The topological polar surface area (TPSA) is 86.8 Å². The summed E-state index contributed by atoms with van der Waals surface area (Å²) in [5.74, 6) is -1.62. The number of nitrogens with zero attached hydrogens (tertiary/aromatic N) is 2. The zero-order valence-corrected chi connectivity index (χ0v) is 23.8. The van der Waals surface area contributed by atoms with Gasteiger partial charge in [0.15, 0.2) is 0 Å². The summed E-state index contributed by atoms with van der Waals surface area (Å²) in [5, 5.41) is 3.42. The van der Waals surface area contributed by atoms with Crippen LogP contribution < -0.4 is 9.62 Å². The van der Waals surface area contributed by atoms with Gasteiger partial charge in [0.2, 0.25) is 21.8 Å². The first-order valence-electron chi connectivity index (χ1n) is 12.6. The van der Waals surface area contributed by atoms with Crippen molar-refractivity contribution < 1.29 is 22.4 Å². The van der Waals surface area contributed by atoms with Crippen LogP contribution in [0.3, 0.4) is 0 Å². The molecule has 0 aliphatic carbocycles. The summed E-state index contributed by atoms with van der Waals surface area (Å²) >= 11 is 6.20. The van der Waals surface area contributed by atoms with E-state index >= 15 is 0 Å². The van der Waals surface area contributed by atoms with E-state index in [2.05, 4.69) is 5.32 Å². The second-order valence-electron chi connectivity index (χ2n) is 9.42. The van der Waals surface area contributed by atoms with Gasteiger partial charge in [-0.1, -0.05) is 67.1 Å². The molecule has 0 saturated carbocycles. The highest BCUT2D eigenvalue weighted by Gasteiger charge is 2.33. The molecule has 2 amide bonds. The Hall–Kier alpha value is -3.43. The lowest BCUT2D eigenvalue weighted by Gasteiger charge is -2.34. The molecular formula is C29H33ClFN3O4S. The Labute approximate surface area is 234 Å². The lowest BCUT2D eigenvalue weighted by atomic mass is 10.0. The number of rotatable bonds is 12. The Morgan fingerprint density at radius 1 is 0.974 bits per heavy atom. The molecule has 0 saturated heterocycles. The Morgan fingerprint density at radius 3 is 2.26 bits per heavy atom. The molecule has 0 aliphatic rings. The van der Waals surface area contributed by atoms with Crippen molar-refractivity contribution >= 4 is 39.1 Å². The minimum absolute atomic E-state index is 0.00553. The number of benzene rings is 3. The fourth-order valence-corrected chi connectivity index (χ4v) is 5.13. The molecule has 0 heterocycles. The van der Waals surface area contributed by atoms with Crippen LogP contribution >= 0.6 is 11.6 Å². The maximum Gasteiger partial charge on any atom is 0.244 e. The maximum atomic E-state index is 14.0. The summed E-state index contributed by atoms with van der Waals surface area (Å²) in [6, 6.07) is 20.1. The van der Waals surface area contributed by atoms with E-state index in [0.717, 1.165) is 22.2 Å². The number of halogens is 2. The molecule has 0 unspecified atom stereocenters. The van der Waals surface area contributed by atoms with Gasteiger partial charge in [0.25, 0.3) is 0 Å². The summed E-state index contributed by atoms with van der Waals surface area (Å²) in [7, 11) is -3.97. The molecule has 3 rings (SSSR count). The van der Waals surface area contributed by atoms with E-state index in [1.807, 2.05) is 44.2 Å². The minimum atomic E-state index is -3.97. The molecule has 39 heavy (non-hydrogen) atoms. The van der Waals surface area contributed by atoms with Crippen LogP contribution in [0, 0.1) is 5.82 Å². The summed E-state index contributed by atoms with van der Waals surface area (Å²) in [4.78, 5) is 28.9. The summed E-state index contributed by atoms with van der Waals surface area (Å²) in [5.41, 5.74) is 1.51. The third-order valence-corrected chi connectivity index (χ3v) is 7.67. The second-order valence-corrected chi connectivity index (χ2v) is 11.8. The number of carbonyl (C=O) groups is 2. The molecule has 1 N–H and O–H groups in total. The monoisotopic (exact) mass is 573 g/mol. The third kappa shape index (κ3) is 8.80. The molecule has 10 heteroatoms. The first kappa shape index (κ1) is 30.1. The van der Waals surface area contributed by atoms with Crippen molar-refractivity contribution in [3.8, 4) is 0 Å². The normalized spacial score (nSPS) is 12.8. The van der Waals surface area contributed by atoms with Crippen molar-refractivity contribution in [2.45, 2.75) is 45.3 Å². The predicted molar refractivity (Wildman–Crippen MR) is 152 cm³/mol. The average molecular weight is 574 g/mol. The Morgan fingerprint density at radius 2 is 1.64 bits per heavy atom. The second kappa shape index (κ2) is 13.6. The molecule has 0 aromatic heterocycles. The molecule has 7 nitrogen and oxygen atoms in total. The smallest absolute Gasteiger partial charge is 0.244 e. The lowest BCUT2D eigenvalue weighted by molar-refractivity contribution is -0.140. The number of hydrogen-bond acceptors (Lipinski definition) is 4. The Kier molecular flexibility index (Phi) is 10.5. The molecule has 0 fully saturated rings. The predicted octanol–water partition coefficient (Wildman–Crippen LogP) is 4.80. The van der Waals surface area contributed by atoms with Crippen molar-refractivity contribution in [2.24, 2.45) is 0 Å². The summed E-state index contributed by atoms with van der Waals surface area (Å²) in [6.07, 6.45) is 1.84. The van der Waals surface area contributed by atoms with Gasteiger partial charge in [-0.05, 0) is 54.8 Å². The Bertz CT molecular complexity index is 1390. The quantitative estimate of drug-likeness (QED) is 0.337. The van der Waals surface area contributed by atoms with E-state index in [-0.39, 0.29) is 30.6 Å². The van der Waals surface area contributed by atoms with Crippen molar-refractivity contribution in [3.63, 3.8) is 0 Å². The lowest BCUT2D eigenvalue weighted by Crippen LogP contribution is -2.54. The van der Waals surface area contributed by atoms with Gasteiger partial charge in [0.1, 0.15) is 18.4 Å². The van der Waals surface area contributed by atoms with Crippen LogP contribution in [0.4, 0.5) is 10.1 Å². The molecule has 3 aromatic rings. The van der Waals surface area contributed by atoms with Crippen molar-refractivity contribution in [2.75, 3.05) is 17.1 Å². The van der Waals surface area contributed by atoms with Crippen molar-refractivity contribution in [3.05, 3.63) is 101 Å². The molecule has 0 bridgehead atoms. The highest BCUT2D eigenvalue weighted by molar-refractivity contribution is 7.92. The highest BCUT2D eigenvalue weighted by atomic mass is 35.5. The van der Waals surface area contributed by atoms with Gasteiger partial charge < -0.3 is 10.2 Å². The van der Waals surface area contributed by atoms with E-state index in [4.69, 9.17) is 11.6 Å². The molecule has 2 atom stereocenters. The fourth-order valence-electron chi connectivity index (χ4n) is 4.07. The number of sulfonamides is 1. The van der Waals surface area contributed by atoms with Gasteiger partial charge >= 0.3 is 0 Å².